The molecule has 2 bridgehead atoms. The van der Waals surface area contributed by atoms with Gasteiger partial charge in [0, 0.05) is 23.5 Å². The lowest BCUT2D eigenvalue weighted by molar-refractivity contribution is -0.131. The van der Waals surface area contributed by atoms with Crippen molar-refractivity contribution in [1.29, 1.82) is 0 Å². The molecule has 2 unspecified atom stereocenters. The van der Waals surface area contributed by atoms with Crippen molar-refractivity contribution >= 4 is 24.2 Å². The molecule has 20 heavy (non-hydrogen) atoms. The molecule has 0 aliphatic carbocycles. The largest absolute Gasteiger partial charge is 0.352 e. The van der Waals surface area contributed by atoms with Gasteiger partial charge in [-0.05, 0) is 25.7 Å². The molecule has 2 heterocycles. The van der Waals surface area contributed by atoms with E-state index in [-0.39, 0.29) is 36.8 Å². The molecule has 6 heteroatoms. The summed E-state index contributed by atoms with van der Waals surface area (Å²) in [5, 5.41) is 9.26. The van der Waals surface area contributed by atoms with Crippen molar-refractivity contribution in [2.24, 2.45) is 5.41 Å². The van der Waals surface area contributed by atoms with Gasteiger partial charge in [-0.3, -0.25) is 9.59 Å². The van der Waals surface area contributed by atoms with Crippen LogP contribution in [0.1, 0.15) is 46.5 Å². The Morgan fingerprint density at radius 2 is 1.70 bits per heavy atom. The molecule has 2 aliphatic heterocycles. The molecule has 0 aromatic heterocycles. The molecule has 116 valence electrons. The highest BCUT2D eigenvalue weighted by Gasteiger charge is 2.34. The molecular weight excluding hydrogens is 278 g/mol. The van der Waals surface area contributed by atoms with Gasteiger partial charge in [-0.1, -0.05) is 20.8 Å². The summed E-state index contributed by atoms with van der Waals surface area (Å²) in [6.45, 7) is 5.59. The van der Waals surface area contributed by atoms with E-state index in [4.69, 9.17) is 0 Å². The Balaban J connectivity index is 0.00000200. The van der Waals surface area contributed by atoms with Gasteiger partial charge in [-0.2, -0.15) is 0 Å². The second kappa shape index (κ2) is 6.76. The van der Waals surface area contributed by atoms with Crippen molar-refractivity contribution in [2.75, 3.05) is 6.54 Å². The number of rotatable bonds is 3. The van der Waals surface area contributed by atoms with E-state index in [1.165, 1.54) is 12.8 Å². The third kappa shape index (κ3) is 4.63. The molecule has 2 amide bonds. The van der Waals surface area contributed by atoms with E-state index < -0.39 is 5.41 Å². The topological polar surface area (TPSA) is 70.2 Å². The monoisotopic (exact) mass is 303 g/mol. The molecule has 5 nitrogen and oxygen atoms in total. The lowest BCUT2D eigenvalue weighted by Gasteiger charge is -2.29. The van der Waals surface area contributed by atoms with Crippen LogP contribution in [0.4, 0.5) is 0 Å². The molecule has 0 saturated carbocycles. The summed E-state index contributed by atoms with van der Waals surface area (Å²) < 4.78 is 0. The minimum Gasteiger partial charge on any atom is -0.352 e. The fraction of sp³-hybridized carbons (Fsp3) is 0.857. The fourth-order valence-electron chi connectivity index (χ4n) is 2.88. The Kier molecular flexibility index (Phi) is 5.83. The normalized spacial score (nSPS) is 28.4. The quantitative estimate of drug-likeness (QED) is 0.727. The molecule has 0 aromatic carbocycles. The lowest BCUT2D eigenvalue weighted by Crippen LogP contribution is -2.50. The number of halogens is 1. The van der Waals surface area contributed by atoms with Gasteiger partial charge in [0.2, 0.25) is 11.8 Å². The number of fused-ring (bicyclic) bond motifs is 2. The highest BCUT2D eigenvalue weighted by molar-refractivity contribution is 5.87. The number of carbonyl (C=O) groups is 2. The molecule has 2 rings (SSSR count). The first-order valence-corrected chi connectivity index (χ1v) is 7.18. The second-order valence-corrected chi connectivity index (χ2v) is 6.81. The molecule has 2 fully saturated rings. The van der Waals surface area contributed by atoms with E-state index in [1.54, 1.807) is 0 Å². The predicted molar refractivity (Wildman–Crippen MR) is 80.8 cm³/mol. The van der Waals surface area contributed by atoms with E-state index in [1.807, 2.05) is 20.8 Å². The van der Waals surface area contributed by atoms with E-state index in [0.29, 0.717) is 12.1 Å². The lowest BCUT2D eigenvalue weighted by atomic mass is 9.96. The SMILES string of the molecule is CC(C)(C)C(=O)NCC(=O)NC1CC2CCC(C1)N2.Cl. The third-order valence-corrected chi connectivity index (χ3v) is 3.93. The van der Waals surface area contributed by atoms with Crippen LogP contribution in [0.15, 0.2) is 0 Å². The van der Waals surface area contributed by atoms with Crippen LogP contribution in [0.25, 0.3) is 0 Å². The number of nitrogens with one attached hydrogen (secondary N) is 3. The number of amides is 2. The maximum Gasteiger partial charge on any atom is 0.239 e. The van der Waals surface area contributed by atoms with E-state index >= 15 is 0 Å². The van der Waals surface area contributed by atoms with Crippen LogP contribution in [0.5, 0.6) is 0 Å². The van der Waals surface area contributed by atoms with Crippen LogP contribution in [0, 0.1) is 5.41 Å². The Morgan fingerprint density at radius 1 is 1.15 bits per heavy atom. The molecule has 2 atom stereocenters. The number of hydrogen-bond acceptors (Lipinski definition) is 3. The first kappa shape index (κ1) is 17.2. The van der Waals surface area contributed by atoms with Gasteiger partial charge < -0.3 is 16.0 Å². The molecule has 2 aliphatic rings. The first-order chi connectivity index (χ1) is 8.84. The summed E-state index contributed by atoms with van der Waals surface area (Å²) in [6.07, 6.45) is 4.46. The van der Waals surface area contributed by atoms with Crippen molar-refractivity contribution in [3.8, 4) is 0 Å². The van der Waals surface area contributed by atoms with Crippen LogP contribution in [0.2, 0.25) is 0 Å². The molecular formula is C14H26ClN3O2. The van der Waals surface area contributed by atoms with Crippen molar-refractivity contribution < 1.29 is 9.59 Å². The standard InChI is InChI=1S/C14H25N3O2.ClH/c1-14(2,3)13(19)15-8-12(18)17-11-6-9-4-5-10(7-11)16-9;/h9-11,16H,4-8H2,1-3H3,(H,15,19)(H,17,18);1H. The zero-order valence-electron chi connectivity index (χ0n) is 12.5. The van der Waals surface area contributed by atoms with Gasteiger partial charge >= 0.3 is 0 Å². The Labute approximate surface area is 127 Å². The summed E-state index contributed by atoms with van der Waals surface area (Å²) in [4.78, 5) is 23.5. The Hall–Kier alpha value is -0.810. The summed E-state index contributed by atoms with van der Waals surface area (Å²) in [7, 11) is 0. The van der Waals surface area contributed by atoms with E-state index in [9.17, 15) is 9.59 Å². The molecule has 0 radical (unpaired) electrons. The fourth-order valence-corrected chi connectivity index (χ4v) is 2.88. The average Bonchev–Trinajstić information content (AvgIpc) is 2.64. The summed E-state index contributed by atoms with van der Waals surface area (Å²) in [5.41, 5.74) is -0.450. The molecule has 0 spiro atoms. The molecule has 0 aromatic rings. The summed E-state index contributed by atoms with van der Waals surface area (Å²) >= 11 is 0. The molecule has 2 saturated heterocycles. The van der Waals surface area contributed by atoms with Crippen LogP contribution in [-0.2, 0) is 9.59 Å². The predicted octanol–water partition coefficient (Wildman–Crippen LogP) is 0.970. The van der Waals surface area contributed by atoms with Crippen molar-refractivity contribution in [2.45, 2.75) is 64.6 Å². The van der Waals surface area contributed by atoms with Crippen LogP contribution in [0.3, 0.4) is 0 Å². The minimum atomic E-state index is -0.450. The van der Waals surface area contributed by atoms with Crippen LogP contribution >= 0.6 is 12.4 Å². The smallest absolute Gasteiger partial charge is 0.239 e. The van der Waals surface area contributed by atoms with Gasteiger partial charge in [0.1, 0.15) is 0 Å². The summed E-state index contributed by atoms with van der Waals surface area (Å²) in [5.74, 6) is -0.170. The highest BCUT2D eigenvalue weighted by Crippen LogP contribution is 2.26. The Morgan fingerprint density at radius 3 is 2.20 bits per heavy atom. The average molecular weight is 304 g/mol. The van der Waals surface area contributed by atoms with E-state index in [2.05, 4.69) is 16.0 Å². The van der Waals surface area contributed by atoms with Gasteiger partial charge in [-0.15, -0.1) is 12.4 Å². The second-order valence-electron chi connectivity index (χ2n) is 6.81. The zero-order valence-corrected chi connectivity index (χ0v) is 13.3. The van der Waals surface area contributed by atoms with Crippen LogP contribution in [-0.4, -0.2) is 36.5 Å². The van der Waals surface area contributed by atoms with E-state index in [0.717, 1.165) is 12.8 Å². The third-order valence-electron chi connectivity index (χ3n) is 3.93. The summed E-state index contributed by atoms with van der Waals surface area (Å²) in [6, 6.07) is 1.39. The zero-order chi connectivity index (χ0) is 14.0. The van der Waals surface area contributed by atoms with Crippen molar-refractivity contribution in [1.82, 2.24) is 16.0 Å². The Bertz CT molecular complexity index is 356. The van der Waals surface area contributed by atoms with Gasteiger partial charge in [-0.25, -0.2) is 0 Å². The van der Waals surface area contributed by atoms with Crippen molar-refractivity contribution in [3.63, 3.8) is 0 Å². The highest BCUT2D eigenvalue weighted by atomic mass is 35.5. The number of piperidine rings is 1. The maximum atomic E-state index is 11.8. The minimum absolute atomic E-state index is 0. The maximum absolute atomic E-state index is 11.8. The first-order valence-electron chi connectivity index (χ1n) is 7.18. The van der Waals surface area contributed by atoms with Crippen molar-refractivity contribution in [3.05, 3.63) is 0 Å². The van der Waals surface area contributed by atoms with Crippen LogP contribution < -0.4 is 16.0 Å². The van der Waals surface area contributed by atoms with Gasteiger partial charge in [0.05, 0.1) is 6.54 Å². The number of hydrogen-bond donors (Lipinski definition) is 3. The van der Waals surface area contributed by atoms with Gasteiger partial charge in [0.25, 0.3) is 0 Å². The number of carbonyl (C=O) groups excluding carboxylic acids is 2. The molecule has 3 N–H and O–H groups in total. The van der Waals surface area contributed by atoms with Gasteiger partial charge in [0.15, 0.2) is 0 Å².